The second kappa shape index (κ2) is 9.17. The van der Waals surface area contributed by atoms with Gasteiger partial charge >= 0.3 is 6.03 Å². The Morgan fingerprint density at radius 3 is 2.32 bits per heavy atom. The summed E-state index contributed by atoms with van der Waals surface area (Å²) in [6.07, 6.45) is 0.737. The third-order valence-electron chi connectivity index (χ3n) is 3.48. The normalized spacial score (nSPS) is 9.84. The SMILES string of the molecule is COc1ccc(NC(=O)NNC(=O)CCc2ccccc2OC)cc1. The first kappa shape index (κ1) is 18.1. The predicted molar refractivity (Wildman–Crippen MR) is 94.6 cm³/mol. The number of amides is 3. The van der Waals surface area contributed by atoms with Crippen molar-refractivity contribution in [1.29, 1.82) is 0 Å². The van der Waals surface area contributed by atoms with Gasteiger partial charge in [-0.25, -0.2) is 10.2 Å². The van der Waals surface area contributed by atoms with Crippen LogP contribution in [0.5, 0.6) is 11.5 Å². The maximum absolute atomic E-state index is 11.8. The Labute approximate surface area is 146 Å². The van der Waals surface area contributed by atoms with Crippen molar-refractivity contribution in [3.05, 3.63) is 54.1 Å². The lowest BCUT2D eigenvalue weighted by Gasteiger charge is -2.10. The lowest BCUT2D eigenvalue weighted by atomic mass is 10.1. The van der Waals surface area contributed by atoms with E-state index in [0.717, 1.165) is 11.3 Å². The van der Waals surface area contributed by atoms with E-state index in [9.17, 15) is 9.59 Å². The summed E-state index contributed by atoms with van der Waals surface area (Å²) in [6.45, 7) is 0. The van der Waals surface area contributed by atoms with Crippen LogP contribution >= 0.6 is 0 Å². The Balaban J connectivity index is 1.74. The number of rotatable bonds is 6. The fourth-order valence-electron chi connectivity index (χ4n) is 2.18. The second-order valence-corrected chi connectivity index (χ2v) is 5.17. The molecule has 3 N–H and O–H groups in total. The molecule has 2 aromatic carbocycles. The number of hydrogen-bond acceptors (Lipinski definition) is 4. The van der Waals surface area contributed by atoms with Crippen LogP contribution in [0.1, 0.15) is 12.0 Å². The second-order valence-electron chi connectivity index (χ2n) is 5.17. The summed E-state index contributed by atoms with van der Waals surface area (Å²) in [7, 11) is 3.15. The van der Waals surface area contributed by atoms with Crippen molar-refractivity contribution in [2.75, 3.05) is 19.5 Å². The van der Waals surface area contributed by atoms with E-state index >= 15 is 0 Å². The molecular weight excluding hydrogens is 322 g/mol. The summed E-state index contributed by atoms with van der Waals surface area (Å²) in [5, 5.41) is 2.60. The van der Waals surface area contributed by atoms with Gasteiger partial charge in [-0.3, -0.25) is 10.2 Å². The average Bonchev–Trinajstić information content (AvgIpc) is 2.65. The molecule has 0 radical (unpaired) electrons. The summed E-state index contributed by atoms with van der Waals surface area (Å²) in [5.74, 6) is 1.13. The van der Waals surface area contributed by atoms with E-state index in [2.05, 4.69) is 16.2 Å². The van der Waals surface area contributed by atoms with E-state index in [-0.39, 0.29) is 12.3 Å². The van der Waals surface area contributed by atoms with Crippen molar-refractivity contribution in [3.8, 4) is 11.5 Å². The number of para-hydroxylation sites is 1. The first-order valence-electron chi connectivity index (χ1n) is 7.74. The lowest BCUT2D eigenvalue weighted by Crippen LogP contribution is -2.44. The number of urea groups is 1. The maximum atomic E-state index is 11.8. The molecule has 0 saturated heterocycles. The molecule has 0 heterocycles. The van der Waals surface area contributed by atoms with Gasteiger partial charge in [-0.05, 0) is 42.3 Å². The van der Waals surface area contributed by atoms with E-state index in [1.807, 2.05) is 24.3 Å². The zero-order valence-corrected chi connectivity index (χ0v) is 14.2. The maximum Gasteiger partial charge on any atom is 0.337 e. The Morgan fingerprint density at radius 1 is 0.920 bits per heavy atom. The van der Waals surface area contributed by atoms with Crippen LogP contribution in [0.3, 0.4) is 0 Å². The quantitative estimate of drug-likeness (QED) is 0.703. The largest absolute Gasteiger partial charge is 0.497 e. The number of carbonyl (C=O) groups is 2. The number of methoxy groups -OCH3 is 2. The van der Waals surface area contributed by atoms with Gasteiger partial charge in [-0.1, -0.05) is 18.2 Å². The number of aryl methyl sites for hydroxylation is 1. The molecule has 0 spiro atoms. The number of ether oxygens (including phenoxy) is 2. The summed E-state index contributed by atoms with van der Waals surface area (Å²) in [4.78, 5) is 23.6. The zero-order valence-electron chi connectivity index (χ0n) is 14.2. The van der Waals surface area contributed by atoms with Gasteiger partial charge in [0.25, 0.3) is 0 Å². The van der Waals surface area contributed by atoms with Crippen LogP contribution in [0.4, 0.5) is 10.5 Å². The minimum absolute atomic E-state index is 0.225. The molecular formula is C18H21N3O4. The van der Waals surface area contributed by atoms with Crippen LogP contribution in [0.2, 0.25) is 0 Å². The number of nitrogens with one attached hydrogen (secondary N) is 3. The molecule has 132 valence electrons. The van der Waals surface area contributed by atoms with E-state index in [1.165, 1.54) is 0 Å². The number of hydrogen-bond donors (Lipinski definition) is 3. The minimum atomic E-state index is -0.532. The first-order chi connectivity index (χ1) is 12.1. The lowest BCUT2D eigenvalue weighted by molar-refractivity contribution is -0.121. The Bertz CT molecular complexity index is 717. The highest BCUT2D eigenvalue weighted by molar-refractivity contribution is 5.90. The van der Waals surface area contributed by atoms with Crippen LogP contribution < -0.4 is 25.6 Å². The fraction of sp³-hybridized carbons (Fsp3) is 0.222. The Hall–Kier alpha value is -3.22. The monoisotopic (exact) mass is 343 g/mol. The number of anilines is 1. The molecule has 2 rings (SSSR count). The average molecular weight is 343 g/mol. The molecule has 0 fully saturated rings. The summed E-state index contributed by atoms with van der Waals surface area (Å²) < 4.78 is 10.3. The van der Waals surface area contributed by atoms with Crippen molar-refractivity contribution >= 4 is 17.6 Å². The Morgan fingerprint density at radius 2 is 1.64 bits per heavy atom. The van der Waals surface area contributed by atoms with Gasteiger partial charge in [0, 0.05) is 12.1 Å². The molecule has 7 nitrogen and oxygen atoms in total. The first-order valence-corrected chi connectivity index (χ1v) is 7.74. The van der Waals surface area contributed by atoms with Gasteiger partial charge in [0.15, 0.2) is 0 Å². The van der Waals surface area contributed by atoms with E-state index in [4.69, 9.17) is 9.47 Å². The third-order valence-corrected chi connectivity index (χ3v) is 3.48. The van der Waals surface area contributed by atoms with Gasteiger partial charge in [0.05, 0.1) is 14.2 Å². The molecule has 0 unspecified atom stereocenters. The van der Waals surface area contributed by atoms with Crippen LogP contribution in [0, 0.1) is 0 Å². The molecule has 0 saturated carbocycles. The third kappa shape index (κ3) is 5.72. The highest BCUT2D eigenvalue weighted by Gasteiger charge is 2.08. The molecule has 0 aromatic heterocycles. The van der Waals surface area contributed by atoms with Gasteiger partial charge < -0.3 is 14.8 Å². The summed E-state index contributed by atoms with van der Waals surface area (Å²) in [6, 6.07) is 13.8. The van der Waals surface area contributed by atoms with Gasteiger partial charge in [0.1, 0.15) is 11.5 Å². The van der Waals surface area contributed by atoms with Crippen molar-refractivity contribution in [1.82, 2.24) is 10.9 Å². The van der Waals surface area contributed by atoms with Crippen LogP contribution in [0.25, 0.3) is 0 Å². The molecule has 0 aliphatic rings. The fourth-order valence-corrected chi connectivity index (χ4v) is 2.18. The number of benzene rings is 2. The zero-order chi connectivity index (χ0) is 18.1. The standard InChI is InChI=1S/C18H21N3O4/c1-24-15-10-8-14(9-11-15)19-18(23)21-20-17(22)12-7-13-5-3-4-6-16(13)25-2/h3-6,8-11H,7,12H2,1-2H3,(H,20,22)(H2,19,21,23). The van der Waals surface area contributed by atoms with Gasteiger partial charge in [-0.15, -0.1) is 0 Å². The molecule has 2 aromatic rings. The van der Waals surface area contributed by atoms with E-state index in [0.29, 0.717) is 17.9 Å². The van der Waals surface area contributed by atoms with Crippen LogP contribution in [-0.2, 0) is 11.2 Å². The van der Waals surface area contributed by atoms with Crippen LogP contribution in [0.15, 0.2) is 48.5 Å². The molecule has 0 aliphatic carbocycles. The minimum Gasteiger partial charge on any atom is -0.497 e. The molecule has 3 amide bonds. The van der Waals surface area contributed by atoms with E-state index in [1.54, 1.807) is 38.5 Å². The van der Waals surface area contributed by atoms with E-state index < -0.39 is 6.03 Å². The molecule has 7 heteroatoms. The van der Waals surface area contributed by atoms with Crippen molar-refractivity contribution in [2.45, 2.75) is 12.8 Å². The molecule has 0 aliphatic heterocycles. The van der Waals surface area contributed by atoms with Crippen LogP contribution in [-0.4, -0.2) is 26.2 Å². The van der Waals surface area contributed by atoms with Crippen molar-refractivity contribution < 1.29 is 19.1 Å². The number of carbonyl (C=O) groups excluding carboxylic acids is 2. The number of hydrazine groups is 1. The summed E-state index contributed by atoms with van der Waals surface area (Å²) in [5.41, 5.74) is 6.20. The molecule has 0 bridgehead atoms. The molecule has 0 atom stereocenters. The highest BCUT2D eigenvalue weighted by atomic mass is 16.5. The highest BCUT2D eigenvalue weighted by Crippen LogP contribution is 2.18. The van der Waals surface area contributed by atoms with Crippen molar-refractivity contribution in [2.24, 2.45) is 0 Å². The van der Waals surface area contributed by atoms with Crippen molar-refractivity contribution in [3.63, 3.8) is 0 Å². The van der Waals surface area contributed by atoms with Gasteiger partial charge in [0.2, 0.25) is 5.91 Å². The predicted octanol–water partition coefficient (Wildman–Crippen LogP) is 2.49. The van der Waals surface area contributed by atoms with Gasteiger partial charge in [-0.2, -0.15) is 0 Å². The Kier molecular flexibility index (Phi) is 6.65. The topological polar surface area (TPSA) is 88.7 Å². The summed E-state index contributed by atoms with van der Waals surface area (Å²) >= 11 is 0. The molecule has 25 heavy (non-hydrogen) atoms. The smallest absolute Gasteiger partial charge is 0.337 e.